The van der Waals surface area contributed by atoms with Crippen molar-refractivity contribution in [2.24, 2.45) is 5.92 Å². The molecule has 1 aliphatic carbocycles. The molecule has 1 aliphatic rings. The lowest BCUT2D eigenvalue weighted by atomic mass is 9.76. The minimum absolute atomic E-state index is 0.652. The summed E-state index contributed by atoms with van der Waals surface area (Å²) in [4.78, 5) is 0. The first-order valence-corrected chi connectivity index (χ1v) is 13.3. The van der Waals surface area contributed by atoms with Crippen LogP contribution in [-0.4, -0.2) is 0 Å². The smallest absolute Gasteiger partial charge is 0.0994 e. The SMILES string of the molecule is CCCCCc1ccc(CCc2ccc([C@H]3CC[C@H](CCCCC)CC3)cc2C#N)cc1. The molecule has 3 rings (SSSR count). The Morgan fingerprint density at radius 1 is 0.750 bits per heavy atom. The molecule has 0 N–H and O–H groups in total. The Morgan fingerprint density at radius 2 is 1.41 bits per heavy atom. The Labute approximate surface area is 197 Å². The summed E-state index contributed by atoms with van der Waals surface area (Å²) in [5.41, 5.74) is 6.32. The van der Waals surface area contributed by atoms with Gasteiger partial charge >= 0.3 is 0 Å². The molecule has 0 aromatic heterocycles. The number of rotatable bonds is 12. The van der Waals surface area contributed by atoms with Crippen LogP contribution < -0.4 is 0 Å². The van der Waals surface area contributed by atoms with Crippen molar-refractivity contribution >= 4 is 0 Å². The largest absolute Gasteiger partial charge is 0.192 e. The van der Waals surface area contributed by atoms with Gasteiger partial charge in [0.25, 0.3) is 0 Å². The average Bonchev–Trinajstić information content (AvgIpc) is 2.84. The fraction of sp³-hybridized carbons (Fsp3) is 0.581. The molecule has 0 saturated heterocycles. The maximum absolute atomic E-state index is 9.79. The standard InChI is InChI=1S/C31H43N/c1-3-5-7-9-25-11-13-27(14-12-25)17-20-29-21-22-30(23-31(29)24-32)28-18-15-26(16-19-28)10-8-6-4-2/h11-14,21-23,26,28H,3-10,15-20H2,1-2H3/t26-,28-. The van der Waals surface area contributed by atoms with Crippen LogP contribution in [0.2, 0.25) is 0 Å². The lowest BCUT2D eigenvalue weighted by molar-refractivity contribution is 0.303. The highest BCUT2D eigenvalue weighted by Gasteiger charge is 2.22. The third-order valence-electron chi connectivity index (χ3n) is 7.56. The molecular weight excluding hydrogens is 386 g/mol. The summed E-state index contributed by atoms with van der Waals surface area (Å²) in [6.07, 6.45) is 17.9. The topological polar surface area (TPSA) is 23.8 Å². The molecule has 1 nitrogen and oxygen atoms in total. The lowest BCUT2D eigenvalue weighted by Gasteiger charge is -2.29. The van der Waals surface area contributed by atoms with E-state index in [0.29, 0.717) is 5.92 Å². The molecule has 0 unspecified atom stereocenters. The van der Waals surface area contributed by atoms with Gasteiger partial charge < -0.3 is 0 Å². The third kappa shape index (κ3) is 7.51. The van der Waals surface area contributed by atoms with Gasteiger partial charge in [0.15, 0.2) is 0 Å². The van der Waals surface area contributed by atoms with E-state index in [1.165, 1.54) is 99.3 Å². The zero-order chi connectivity index (χ0) is 22.6. The van der Waals surface area contributed by atoms with Gasteiger partial charge in [0.2, 0.25) is 0 Å². The summed E-state index contributed by atoms with van der Waals surface area (Å²) in [5, 5.41) is 9.79. The second kappa shape index (κ2) is 13.5. The van der Waals surface area contributed by atoms with E-state index >= 15 is 0 Å². The molecular formula is C31H43N. The van der Waals surface area contributed by atoms with Crippen LogP contribution in [0.15, 0.2) is 42.5 Å². The highest BCUT2D eigenvalue weighted by molar-refractivity contribution is 5.42. The molecule has 1 heteroatoms. The number of benzene rings is 2. The van der Waals surface area contributed by atoms with Crippen LogP contribution in [-0.2, 0) is 19.3 Å². The fourth-order valence-electron chi connectivity index (χ4n) is 5.37. The molecule has 2 aromatic carbocycles. The summed E-state index contributed by atoms with van der Waals surface area (Å²) < 4.78 is 0. The Balaban J connectivity index is 1.52. The monoisotopic (exact) mass is 429 g/mol. The summed E-state index contributed by atoms with van der Waals surface area (Å²) in [7, 11) is 0. The number of hydrogen-bond acceptors (Lipinski definition) is 1. The third-order valence-corrected chi connectivity index (χ3v) is 7.56. The first-order chi connectivity index (χ1) is 15.7. The summed E-state index contributed by atoms with van der Waals surface area (Å²) in [6, 6.07) is 18.4. The molecule has 2 aromatic rings. The molecule has 1 saturated carbocycles. The van der Waals surface area contributed by atoms with Gasteiger partial charge in [-0.1, -0.05) is 88.8 Å². The molecule has 172 valence electrons. The number of nitrogens with zero attached hydrogens (tertiary/aromatic N) is 1. The number of nitriles is 1. The van der Waals surface area contributed by atoms with Crippen molar-refractivity contribution in [3.05, 3.63) is 70.3 Å². The van der Waals surface area contributed by atoms with Crippen LogP contribution in [0.4, 0.5) is 0 Å². The maximum atomic E-state index is 9.79. The van der Waals surface area contributed by atoms with E-state index in [4.69, 9.17) is 0 Å². The second-order valence-electron chi connectivity index (χ2n) is 10.0. The lowest BCUT2D eigenvalue weighted by Crippen LogP contribution is -2.13. The van der Waals surface area contributed by atoms with Crippen LogP contribution >= 0.6 is 0 Å². The molecule has 0 heterocycles. The Bertz CT molecular complexity index is 834. The highest BCUT2D eigenvalue weighted by Crippen LogP contribution is 2.38. The van der Waals surface area contributed by atoms with Gasteiger partial charge in [-0.2, -0.15) is 5.26 Å². The van der Waals surface area contributed by atoms with E-state index in [1.807, 2.05) is 0 Å². The minimum Gasteiger partial charge on any atom is -0.192 e. The van der Waals surface area contributed by atoms with Gasteiger partial charge in [-0.15, -0.1) is 0 Å². The predicted octanol–water partition coefficient (Wildman–Crippen LogP) is 8.93. The number of unbranched alkanes of at least 4 members (excludes halogenated alkanes) is 4. The average molecular weight is 430 g/mol. The summed E-state index contributed by atoms with van der Waals surface area (Å²) in [6.45, 7) is 4.55. The molecule has 1 fully saturated rings. The minimum atomic E-state index is 0.652. The Hall–Kier alpha value is -2.07. The van der Waals surface area contributed by atoms with Crippen molar-refractivity contribution in [3.63, 3.8) is 0 Å². The van der Waals surface area contributed by atoms with Crippen molar-refractivity contribution in [3.8, 4) is 6.07 Å². The van der Waals surface area contributed by atoms with E-state index in [1.54, 1.807) is 0 Å². The van der Waals surface area contributed by atoms with Crippen LogP contribution in [0.25, 0.3) is 0 Å². The first kappa shape index (κ1) is 24.6. The van der Waals surface area contributed by atoms with E-state index in [9.17, 15) is 5.26 Å². The van der Waals surface area contributed by atoms with Crippen LogP contribution in [0.5, 0.6) is 0 Å². The Kier molecular flexibility index (Phi) is 10.3. The van der Waals surface area contributed by atoms with E-state index in [-0.39, 0.29) is 0 Å². The molecule has 0 aliphatic heterocycles. The van der Waals surface area contributed by atoms with Crippen LogP contribution in [0.3, 0.4) is 0 Å². The molecule has 0 radical (unpaired) electrons. The van der Waals surface area contributed by atoms with E-state index in [0.717, 1.165) is 24.3 Å². The van der Waals surface area contributed by atoms with Crippen molar-refractivity contribution in [2.75, 3.05) is 0 Å². The molecule has 0 spiro atoms. The maximum Gasteiger partial charge on any atom is 0.0994 e. The van der Waals surface area contributed by atoms with Gasteiger partial charge in [0.1, 0.15) is 0 Å². The van der Waals surface area contributed by atoms with Crippen LogP contribution in [0.1, 0.15) is 118 Å². The molecule has 0 amide bonds. The van der Waals surface area contributed by atoms with Gasteiger partial charge in [-0.05, 0) is 91.5 Å². The van der Waals surface area contributed by atoms with Crippen LogP contribution in [0, 0.1) is 17.2 Å². The zero-order valence-corrected chi connectivity index (χ0v) is 20.5. The van der Waals surface area contributed by atoms with Gasteiger partial charge in [-0.3, -0.25) is 0 Å². The quantitative estimate of drug-likeness (QED) is 0.309. The van der Waals surface area contributed by atoms with Crippen molar-refractivity contribution in [1.29, 1.82) is 5.26 Å². The van der Waals surface area contributed by atoms with Gasteiger partial charge in [0, 0.05) is 0 Å². The normalized spacial score (nSPS) is 18.4. The molecule has 0 atom stereocenters. The Morgan fingerprint density at radius 3 is 2.06 bits per heavy atom. The van der Waals surface area contributed by atoms with E-state index in [2.05, 4.69) is 62.4 Å². The first-order valence-electron chi connectivity index (χ1n) is 13.3. The number of aryl methyl sites for hydroxylation is 3. The zero-order valence-electron chi connectivity index (χ0n) is 20.5. The molecule has 32 heavy (non-hydrogen) atoms. The highest BCUT2D eigenvalue weighted by atomic mass is 14.3. The molecule has 0 bridgehead atoms. The van der Waals surface area contributed by atoms with E-state index < -0.39 is 0 Å². The summed E-state index contributed by atoms with van der Waals surface area (Å²) in [5.74, 6) is 1.59. The van der Waals surface area contributed by atoms with Gasteiger partial charge in [-0.25, -0.2) is 0 Å². The predicted molar refractivity (Wildman–Crippen MR) is 137 cm³/mol. The van der Waals surface area contributed by atoms with Crippen molar-refractivity contribution in [2.45, 2.75) is 110 Å². The van der Waals surface area contributed by atoms with Crippen molar-refractivity contribution in [1.82, 2.24) is 0 Å². The fourth-order valence-corrected chi connectivity index (χ4v) is 5.37. The van der Waals surface area contributed by atoms with Crippen molar-refractivity contribution < 1.29 is 0 Å². The number of hydrogen-bond donors (Lipinski definition) is 0. The second-order valence-corrected chi connectivity index (χ2v) is 10.0. The van der Waals surface area contributed by atoms with Gasteiger partial charge in [0.05, 0.1) is 11.6 Å². The summed E-state index contributed by atoms with van der Waals surface area (Å²) >= 11 is 0.